The van der Waals surface area contributed by atoms with Crippen molar-refractivity contribution in [2.45, 2.75) is 18.9 Å². The molecular weight excluding hydrogens is 266 g/mol. The van der Waals surface area contributed by atoms with Crippen molar-refractivity contribution in [3.8, 4) is 0 Å². The summed E-state index contributed by atoms with van der Waals surface area (Å²) in [6.45, 7) is 0.881. The van der Waals surface area contributed by atoms with Crippen molar-refractivity contribution < 1.29 is 9.90 Å². The Hall–Kier alpha value is -1.30. The van der Waals surface area contributed by atoms with E-state index < -0.39 is 0 Å². The molecule has 2 rings (SSSR count). The zero-order valence-corrected chi connectivity index (χ0v) is 11.4. The fourth-order valence-electron chi connectivity index (χ4n) is 1.97. The van der Waals surface area contributed by atoms with Crippen LogP contribution in [-0.2, 0) is 4.79 Å². The summed E-state index contributed by atoms with van der Waals surface area (Å²) in [5, 5.41) is 12.2. The summed E-state index contributed by atoms with van der Waals surface area (Å²) < 4.78 is 0. The van der Waals surface area contributed by atoms with Crippen LogP contribution >= 0.6 is 11.6 Å². The number of nitrogens with two attached hydrogens (primary N) is 1. The highest BCUT2D eigenvalue weighted by Crippen LogP contribution is 2.26. The monoisotopic (exact) mass is 283 g/mol. The minimum atomic E-state index is -0.109. The number of carbonyl (C=O) groups excluding carboxylic acids is 1. The lowest BCUT2D eigenvalue weighted by Gasteiger charge is -2.20. The number of anilines is 2. The van der Waals surface area contributed by atoms with Crippen molar-refractivity contribution >= 4 is 28.9 Å². The van der Waals surface area contributed by atoms with Crippen LogP contribution in [0, 0.1) is 0 Å². The lowest BCUT2D eigenvalue weighted by Crippen LogP contribution is -2.36. The molecule has 0 aromatic heterocycles. The zero-order valence-electron chi connectivity index (χ0n) is 10.6. The van der Waals surface area contributed by atoms with Crippen LogP contribution in [0.4, 0.5) is 11.4 Å². The van der Waals surface area contributed by atoms with Gasteiger partial charge in [0.1, 0.15) is 0 Å². The van der Waals surface area contributed by atoms with E-state index in [0.717, 1.165) is 12.8 Å². The van der Waals surface area contributed by atoms with E-state index in [2.05, 4.69) is 5.32 Å². The maximum atomic E-state index is 11.9. The van der Waals surface area contributed by atoms with Crippen molar-refractivity contribution in [2.75, 3.05) is 30.7 Å². The molecule has 0 bridgehead atoms. The molecule has 1 aliphatic carbocycles. The Morgan fingerprint density at radius 2 is 2.26 bits per heavy atom. The van der Waals surface area contributed by atoms with Crippen molar-refractivity contribution in [1.82, 2.24) is 4.90 Å². The number of hydrogen-bond donors (Lipinski definition) is 3. The van der Waals surface area contributed by atoms with Gasteiger partial charge in [0.15, 0.2) is 0 Å². The van der Waals surface area contributed by atoms with E-state index in [4.69, 9.17) is 22.4 Å². The smallest absolute Gasteiger partial charge is 0.238 e. The molecule has 0 atom stereocenters. The molecule has 0 spiro atoms. The summed E-state index contributed by atoms with van der Waals surface area (Å²) >= 11 is 5.82. The maximum absolute atomic E-state index is 11.9. The van der Waals surface area contributed by atoms with Crippen LogP contribution in [0.3, 0.4) is 0 Å². The number of aliphatic hydroxyl groups is 1. The van der Waals surface area contributed by atoms with Crippen LogP contribution in [0.15, 0.2) is 18.2 Å². The molecule has 104 valence electrons. The summed E-state index contributed by atoms with van der Waals surface area (Å²) in [5.74, 6) is -0.109. The normalized spacial score (nSPS) is 14.7. The van der Waals surface area contributed by atoms with Gasteiger partial charge in [0, 0.05) is 18.3 Å². The molecular formula is C13H18ClN3O2. The van der Waals surface area contributed by atoms with E-state index in [1.54, 1.807) is 18.2 Å². The van der Waals surface area contributed by atoms with Crippen molar-refractivity contribution in [1.29, 1.82) is 0 Å². The van der Waals surface area contributed by atoms with Gasteiger partial charge in [-0.05, 0) is 31.0 Å². The Morgan fingerprint density at radius 3 is 2.84 bits per heavy atom. The molecule has 0 saturated heterocycles. The molecule has 1 saturated carbocycles. The number of aliphatic hydroxyl groups excluding tert-OH is 1. The molecule has 5 nitrogen and oxygen atoms in total. The molecule has 1 aliphatic rings. The summed E-state index contributed by atoms with van der Waals surface area (Å²) in [4.78, 5) is 13.9. The third-order valence-corrected chi connectivity index (χ3v) is 3.42. The van der Waals surface area contributed by atoms with Crippen LogP contribution < -0.4 is 11.1 Å². The number of hydrogen-bond acceptors (Lipinski definition) is 4. The average molecular weight is 284 g/mol. The van der Waals surface area contributed by atoms with E-state index in [9.17, 15) is 4.79 Å². The highest BCUT2D eigenvalue weighted by atomic mass is 35.5. The number of amides is 1. The van der Waals surface area contributed by atoms with Gasteiger partial charge in [-0.15, -0.1) is 0 Å². The molecule has 1 aromatic rings. The lowest BCUT2D eigenvalue weighted by molar-refractivity contribution is -0.117. The summed E-state index contributed by atoms with van der Waals surface area (Å²) in [5.41, 5.74) is 6.75. The van der Waals surface area contributed by atoms with Crippen LogP contribution in [0.1, 0.15) is 12.8 Å². The second-order valence-electron chi connectivity index (χ2n) is 4.71. The number of halogens is 1. The minimum absolute atomic E-state index is 0.0671. The van der Waals surface area contributed by atoms with Crippen molar-refractivity contribution in [3.63, 3.8) is 0 Å². The SMILES string of the molecule is Nc1cc(NC(=O)CN(CCO)C2CC2)ccc1Cl. The van der Waals surface area contributed by atoms with Crippen LogP contribution in [0.5, 0.6) is 0 Å². The van der Waals surface area contributed by atoms with E-state index in [-0.39, 0.29) is 19.1 Å². The number of nitrogens with zero attached hydrogens (tertiary/aromatic N) is 1. The Balaban J connectivity index is 1.90. The van der Waals surface area contributed by atoms with Gasteiger partial charge in [0.2, 0.25) is 5.91 Å². The van der Waals surface area contributed by atoms with Crippen molar-refractivity contribution in [2.24, 2.45) is 0 Å². The van der Waals surface area contributed by atoms with Gasteiger partial charge >= 0.3 is 0 Å². The average Bonchev–Trinajstić information content (AvgIpc) is 3.17. The number of nitrogen functional groups attached to an aromatic ring is 1. The lowest BCUT2D eigenvalue weighted by atomic mass is 10.3. The Labute approximate surface area is 117 Å². The molecule has 1 amide bonds. The van der Waals surface area contributed by atoms with Gasteiger partial charge in [0.05, 0.1) is 23.9 Å². The van der Waals surface area contributed by atoms with Gasteiger partial charge in [-0.3, -0.25) is 9.69 Å². The molecule has 0 aliphatic heterocycles. The third-order valence-electron chi connectivity index (χ3n) is 3.08. The van der Waals surface area contributed by atoms with Gasteiger partial charge in [-0.1, -0.05) is 11.6 Å². The highest BCUT2D eigenvalue weighted by molar-refractivity contribution is 6.33. The van der Waals surface area contributed by atoms with Gasteiger partial charge < -0.3 is 16.2 Å². The quantitative estimate of drug-likeness (QED) is 0.688. The second-order valence-corrected chi connectivity index (χ2v) is 5.12. The van der Waals surface area contributed by atoms with E-state index in [1.165, 1.54) is 0 Å². The molecule has 19 heavy (non-hydrogen) atoms. The summed E-state index contributed by atoms with van der Waals surface area (Å²) in [7, 11) is 0. The number of nitrogens with one attached hydrogen (secondary N) is 1. The Kier molecular flexibility index (Phi) is 4.63. The predicted octanol–water partition coefficient (Wildman–Crippen LogP) is 1.32. The van der Waals surface area contributed by atoms with Gasteiger partial charge in [-0.2, -0.15) is 0 Å². The largest absolute Gasteiger partial charge is 0.397 e. The Morgan fingerprint density at radius 1 is 1.53 bits per heavy atom. The first-order valence-corrected chi connectivity index (χ1v) is 6.67. The topological polar surface area (TPSA) is 78.6 Å². The highest BCUT2D eigenvalue weighted by Gasteiger charge is 2.29. The second kappa shape index (κ2) is 6.23. The Bertz CT molecular complexity index is 463. The molecule has 0 heterocycles. The fourth-order valence-corrected chi connectivity index (χ4v) is 2.08. The molecule has 0 unspecified atom stereocenters. The molecule has 4 N–H and O–H groups in total. The standard InChI is InChI=1S/C13H18ClN3O2/c14-11-4-1-9(7-12(11)15)16-13(19)8-17(5-6-18)10-2-3-10/h1,4,7,10,18H,2-3,5-6,8,15H2,(H,16,19). The summed E-state index contributed by atoms with van der Waals surface area (Å²) in [6.07, 6.45) is 2.20. The molecule has 6 heteroatoms. The van der Waals surface area contributed by atoms with E-state index >= 15 is 0 Å². The molecule has 1 fully saturated rings. The molecule has 0 radical (unpaired) electrons. The maximum Gasteiger partial charge on any atom is 0.238 e. The van der Waals surface area contributed by atoms with E-state index in [1.807, 2.05) is 4.90 Å². The minimum Gasteiger partial charge on any atom is -0.397 e. The first-order valence-electron chi connectivity index (χ1n) is 6.30. The van der Waals surface area contributed by atoms with Gasteiger partial charge in [-0.25, -0.2) is 0 Å². The summed E-state index contributed by atoms with van der Waals surface area (Å²) in [6, 6.07) is 5.43. The first-order chi connectivity index (χ1) is 9.10. The van der Waals surface area contributed by atoms with Gasteiger partial charge in [0.25, 0.3) is 0 Å². The van der Waals surface area contributed by atoms with E-state index in [0.29, 0.717) is 29.0 Å². The number of benzene rings is 1. The number of rotatable bonds is 6. The number of carbonyl (C=O) groups is 1. The zero-order chi connectivity index (χ0) is 13.8. The van der Waals surface area contributed by atoms with Crippen molar-refractivity contribution in [3.05, 3.63) is 23.2 Å². The van der Waals surface area contributed by atoms with Crippen LogP contribution in [0.2, 0.25) is 5.02 Å². The third kappa shape index (κ3) is 4.09. The van der Waals surface area contributed by atoms with Crippen LogP contribution in [-0.4, -0.2) is 41.7 Å². The fraction of sp³-hybridized carbons (Fsp3) is 0.462. The van der Waals surface area contributed by atoms with Crippen LogP contribution in [0.25, 0.3) is 0 Å². The first kappa shape index (κ1) is 14.1. The predicted molar refractivity (Wildman–Crippen MR) is 76.2 cm³/mol. The molecule has 1 aromatic carbocycles.